The second-order valence-corrected chi connectivity index (χ2v) is 3.39. The van der Waals surface area contributed by atoms with Crippen LogP contribution in [0.4, 0.5) is 0 Å². The van der Waals surface area contributed by atoms with Gasteiger partial charge in [-0.25, -0.2) is 0 Å². The second kappa shape index (κ2) is 4.34. The van der Waals surface area contributed by atoms with Crippen LogP contribution in [0.25, 0.3) is 0 Å². The van der Waals surface area contributed by atoms with E-state index in [1.165, 1.54) is 0 Å². The fourth-order valence-corrected chi connectivity index (χ4v) is 1.25. The van der Waals surface area contributed by atoms with E-state index >= 15 is 0 Å². The minimum Gasteiger partial charge on any atom is -0.394 e. The van der Waals surface area contributed by atoms with Gasteiger partial charge >= 0.3 is 0 Å². The Bertz CT molecular complexity index is 161. The molecule has 1 unspecified atom stereocenters. The lowest BCUT2D eigenvalue weighted by atomic mass is 10.1. The highest BCUT2D eigenvalue weighted by Gasteiger charge is 2.43. The van der Waals surface area contributed by atoms with Crippen molar-refractivity contribution in [1.29, 1.82) is 0 Å². The lowest BCUT2D eigenvalue weighted by Crippen LogP contribution is -2.35. The van der Waals surface area contributed by atoms with Crippen LogP contribution in [0.5, 0.6) is 0 Å². The molecule has 1 rings (SSSR count). The van der Waals surface area contributed by atoms with Crippen molar-refractivity contribution in [2.24, 2.45) is 0 Å². The Morgan fingerprint density at radius 2 is 1.92 bits per heavy atom. The van der Waals surface area contributed by atoms with Gasteiger partial charge in [-0.3, -0.25) is 0 Å². The molecule has 0 aromatic rings. The van der Waals surface area contributed by atoms with Crippen LogP contribution in [-0.4, -0.2) is 52.6 Å². The summed E-state index contributed by atoms with van der Waals surface area (Å²) < 4.78 is 10.3. The zero-order valence-corrected chi connectivity index (χ0v) is 7.75. The first kappa shape index (κ1) is 10.9. The van der Waals surface area contributed by atoms with Gasteiger partial charge in [0, 0.05) is 0 Å². The number of aliphatic hydroxyl groups is 3. The fraction of sp³-hybridized carbons (Fsp3) is 1.00. The largest absolute Gasteiger partial charge is 0.394 e. The summed E-state index contributed by atoms with van der Waals surface area (Å²) in [6.07, 6.45) is -3.84. The highest BCUT2D eigenvalue weighted by atomic mass is 16.7. The Balaban J connectivity index is 2.50. The molecular weight excluding hydrogens is 176 g/mol. The maximum Gasteiger partial charge on any atom is 0.186 e. The highest BCUT2D eigenvalue weighted by Crippen LogP contribution is 2.22. The van der Waals surface area contributed by atoms with Crippen LogP contribution in [0.15, 0.2) is 0 Å². The molecule has 0 aromatic carbocycles. The van der Waals surface area contributed by atoms with Crippen LogP contribution >= 0.6 is 0 Å². The van der Waals surface area contributed by atoms with Gasteiger partial charge in [-0.15, -0.1) is 0 Å². The Kier molecular flexibility index (Phi) is 3.63. The second-order valence-electron chi connectivity index (χ2n) is 3.39. The van der Waals surface area contributed by atoms with Gasteiger partial charge in [-0.2, -0.15) is 0 Å². The first-order valence-corrected chi connectivity index (χ1v) is 4.34. The quantitative estimate of drug-likeness (QED) is 0.526. The van der Waals surface area contributed by atoms with E-state index in [4.69, 9.17) is 14.6 Å². The fourth-order valence-electron chi connectivity index (χ4n) is 1.25. The molecule has 0 aromatic heterocycles. The summed E-state index contributed by atoms with van der Waals surface area (Å²) in [7, 11) is 0. The smallest absolute Gasteiger partial charge is 0.186 e. The minimum absolute atomic E-state index is 0.0932. The average Bonchev–Trinajstić information content (AvgIpc) is 2.32. The molecule has 1 aliphatic rings. The summed E-state index contributed by atoms with van der Waals surface area (Å²) in [4.78, 5) is 0. The third kappa shape index (κ3) is 2.38. The van der Waals surface area contributed by atoms with Crippen molar-refractivity contribution >= 4 is 0 Å². The third-order valence-corrected chi connectivity index (χ3v) is 1.90. The molecule has 13 heavy (non-hydrogen) atoms. The maximum absolute atomic E-state index is 9.40. The summed E-state index contributed by atoms with van der Waals surface area (Å²) >= 11 is 0. The van der Waals surface area contributed by atoms with Crippen molar-refractivity contribution in [2.75, 3.05) is 6.61 Å². The number of ether oxygens (including phenoxy) is 2. The van der Waals surface area contributed by atoms with Crippen molar-refractivity contribution in [3.05, 3.63) is 0 Å². The molecule has 3 N–H and O–H groups in total. The van der Waals surface area contributed by atoms with Crippen molar-refractivity contribution in [3.8, 4) is 0 Å². The summed E-state index contributed by atoms with van der Waals surface area (Å²) in [6.45, 7) is 3.28. The molecule has 0 amide bonds. The van der Waals surface area contributed by atoms with E-state index in [0.29, 0.717) is 0 Å². The zero-order chi connectivity index (χ0) is 10.0. The molecule has 78 valence electrons. The van der Waals surface area contributed by atoms with E-state index in [2.05, 4.69) is 0 Å². The van der Waals surface area contributed by atoms with E-state index < -0.39 is 24.6 Å². The topological polar surface area (TPSA) is 79.2 Å². The average molecular weight is 192 g/mol. The molecule has 5 heteroatoms. The first-order valence-electron chi connectivity index (χ1n) is 4.34. The van der Waals surface area contributed by atoms with Crippen LogP contribution < -0.4 is 0 Å². The molecule has 1 fully saturated rings. The lowest BCUT2D eigenvalue weighted by Gasteiger charge is -2.17. The number of hydrogen-bond acceptors (Lipinski definition) is 5. The van der Waals surface area contributed by atoms with Gasteiger partial charge in [0.25, 0.3) is 0 Å². The first-order chi connectivity index (χ1) is 6.06. The third-order valence-electron chi connectivity index (χ3n) is 1.90. The van der Waals surface area contributed by atoms with Gasteiger partial charge in [0.15, 0.2) is 6.29 Å². The Hall–Kier alpha value is -0.200. The van der Waals surface area contributed by atoms with Gasteiger partial charge in [0.2, 0.25) is 0 Å². The molecule has 0 bridgehead atoms. The number of hydrogen-bond donors (Lipinski definition) is 3. The predicted octanol–water partition coefficient (Wildman–Crippen LogP) is -1.15. The monoisotopic (exact) mass is 192 g/mol. The maximum atomic E-state index is 9.40. The standard InChI is InChI=1S/C8H16O5/c1-4(2)12-8-7(11)6(10)5(3-9)13-8/h4-11H,3H2,1-2H3/t5?,6-,7+,8+/m1/s1. The predicted molar refractivity (Wildman–Crippen MR) is 44.0 cm³/mol. The van der Waals surface area contributed by atoms with Gasteiger partial charge in [0.05, 0.1) is 12.7 Å². The normalized spacial score (nSPS) is 40.2. The van der Waals surface area contributed by atoms with Crippen molar-refractivity contribution in [1.82, 2.24) is 0 Å². The van der Waals surface area contributed by atoms with Gasteiger partial charge in [0.1, 0.15) is 18.3 Å². The van der Waals surface area contributed by atoms with E-state index in [1.54, 1.807) is 13.8 Å². The lowest BCUT2D eigenvalue weighted by molar-refractivity contribution is -0.186. The zero-order valence-electron chi connectivity index (χ0n) is 7.75. The van der Waals surface area contributed by atoms with Crippen molar-refractivity contribution in [2.45, 2.75) is 44.6 Å². The Morgan fingerprint density at radius 1 is 1.31 bits per heavy atom. The number of aliphatic hydroxyl groups excluding tert-OH is 3. The number of rotatable bonds is 3. The highest BCUT2D eigenvalue weighted by molar-refractivity contribution is 4.86. The van der Waals surface area contributed by atoms with E-state index in [9.17, 15) is 10.2 Å². The Morgan fingerprint density at radius 3 is 2.31 bits per heavy atom. The molecule has 0 aliphatic carbocycles. The summed E-state index contributed by atoms with van der Waals surface area (Å²) in [5.74, 6) is 0. The molecule has 0 saturated carbocycles. The van der Waals surface area contributed by atoms with Crippen LogP contribution in [0.2, 0.25) is 0 Å². The molecule has 5 nitrogen and oxygen atoms in total. The SMILES string of the molecule is CC(C)O[C@H]1OC(CO)[C@@H](O)[C@@H]1O. The summed E-state index contributed by atoms with van der Waals surface area (Å²) in [5.41, 5.74) is 0. The van der Waals surface area contributed by atoms with Crippen molar-refractivity contribution < 1.29 is 24.8 Å². The van der Waals surface area contributed by atoms with E-state index in [0.717, 1.165) is 0 Å². The van der Waals surface area contributed by atoms with Gasteiger partial charge < -0.3 is 24.8 Å². The van der Waals surface area contributed by atoms with Gasteiger partial charge in [-0.05, 0) is 13.8 Å². The van der Waals surface area contributed by atoms with Crippen LogP contribution in [-0.2, 0) is 9.47 Å². The molecule has 1 aliphatic heterocycles. The molecular formula is C8H16O5. The molecule has 4 atom stereocenters. The molecule has 1 heterocycles. The molecule has 1 saturated heterocycles. The van der Waals surface area contributed by atoms with Crippen LogP contribution in [0, 0.1) is 0 Å². The van der Waals surface area contributed by atoms with E-state index in [-0.39, 0.29) is 12.7 Å². The van der Waals surface area contributed by atoms with Crippen LogP contribution in [0.3, 0.4) is 0 Å². The van der Waals surface area contributed by atoms with Gasteiger partial charge in [-0.1, -0.05) is 0 Å². The summed E-state index contributed by atoms with van der Waals surface area (Å²) in [6, 6.07) is 0. The van der Waals surface area contributed by atoms with Crippen LogP contribution in [0.1, 0.15) is 13.8 Å². The molecule has 0 spiro atoms. The van der Waals surface area contributed by atoms with E-state index in [1.807, 2.05) is 0 Å². The molecule has 0 radical (unpaired) electrons. The van der Waals surface area contributed by atoms with Crippen molar-refractivity contribution in [3.63, 3.8) is 0 Å². The minimum atomic E-state index is -1.08. The summed E-state index contributed by atoms with van der Waals surface area (Å²) in [5, 5.41) is 27.5. The Labute approximate surface area is 76.9 Å².